The Bertz CT molecular complexity index is 274. The third-order valence-corrected chi connectivity index (χ3v) is 2.72. The highest BCUT2D eigenvalue weighted by atomic mass is 35.7. The topological polar surface area (TPSA) is 96.9 Å². The normalized spacial score (nSPS) is 25.6. The minimum absolute atomic E-state index is 0.237. The van der Waals surface area contributed by atoms with Gasteiger partial charge in [0.1, 0.15) is 4.29 Å². The molecule has 1 aliphatic rings. The summed E-state index contributed by atoms with van der Waals surface area (Å²) in [7, 11) is -4.54. The lowest BCUT2D eigenvalue weighted by Gasteiger charge is -2.30. The molecule has 0 amide bonds. The van der Waals surface area contributed by atoms with E-state index in [1.165, 1.54) is 6.08 Å². The summed E-state index contributed by atoms with van der Waals surface area (Å²) in [6.07, 6.45) is 3.07. The van der Waals surface area contributed by atoms with E-state index in [0.717, 1.165) is 0 Å². The molecule has 100 valence electrons. The highest BCUT2D eigenvalue weighted by Crippen LogP contribution is 2.33. The van der Waals surface area contributed by atoms with E-state index in [-0.39, 0.29) is 6.61 Å². The van der Waals surface area contributed by atoms with Gasteiger partial charge in [-0.1, -0.05) is 0 Å². The van der Waals surface area contributed by atoms with Gasteiger partial charge in [-0.2, -0.15) is 14.0 Å². The van der Waals surface area contributed by atoms with Gasteiger partial charge in [0.25, 0.3) is 0 Å². The first kappa shape index (κ1) is 14.7. The van der Waals surface area contributed by atoms with Crippen molar-refractivity contribution in [3.63, 3.8) is 0 Å². The lowest BCUT2D eigenvalue weighted by molar-refractivity contribution is -1.92. The van der Waals surface area contributed by atoms with Crippen LogP contribution in [0.4, 0.5) is 0 Å². The van der Waals surface area contributed by atoms with E-state index in [0.29, 0.717) is 31.6 Å². The van der Waals surface area contributed by atoms with Gasteiger partial charge in [-0.15, -0.1) is 0 Å². The molecule has 0 N–H and O–H groups in total. The van der Waals surface area contributed by atoms with Gasteiger partial charge in [-0.25, -0.2) is 0 Å². The molecule has 0 aromatic rings. The van der Waals surface area contributed by atoms with Gasteiger partial charge >= 0.3 is 5.79 Å². The van der Waals surface area contributed by atoms with E-state index in [4.69, 9.17) is 9.47 Å². The number of hydrogen-bond donors (Lipinski definition) is 0. The van der Waals surface area contributed by atoms with Gasteiger partial charge in [0.05, 0.1) is 22.6 Å². The Balaban J connectivity index is 2.86. The molecule has 0 aliphatic heterocycles. The van der Waals surface area contributed by atoms with Crippen molar-refractivity contribution in [3.8, 4) is 0 Å². The molecular formula is C10H17ClO6. The van der Waals surface area contributed by atoms with E-state index >= 15 is 0 Å². The second-order valence-corrected chi connectivity index (χ2v) is 4.51. The lowest BCUT2D eigenvalue weighted by Crippen LogP contribution is -2.65. The first-order chi connectivity index (χ1) is 7.91. The van der Waals surface area contributed by atoms with E-state index in [1.54, 1.807) is 6.92 Å². The molecule has 0 saturated carbocycles. The molecule has 0 saturated heterocycles. The summed E-state index contributed by atoms with van der Waals surface area (Å²) in [5, 5.41) is 0. The van der Waals surface area contributed by atoms with Crippen LogP contribution in [-0.2, 0) is 13.8 Å². The first-order valence-corrected chi connectivity index (χ1v) is 6.74. The molecule has 1 unspecified atom stereocenters. The van der Waals surface area contributed by atoms with Crippen molar-refractivity contribution in [1.29, 1.82) is 0 Å². The van der Waals surface area contributed by atoms with Gasteiger partial charge in [-0.3, -0.25) is 0 Å². The average molecular weight is 269 g/mol. The quantitative estimate of drug-likeness (QED) is 0.558. The lowest BCUT2D eigenvalue weighted by atomic mass is 10.00. The average Bonchev–Trinajstić information content (AvgIpc) is 2.15. The SMILES string of the molecule is CCOC1=CC(OCC)(O[Cl+3]([O-])([O-])[O-])CCC1. The standard InChI is InChI=1S/C10H17ClO6/c1-3-15-9-6-5-7-10(8-9,16-4-2)17-11(12,13)14/h8H,3-7H2,1-2H3. The molecule has 0 spiro atoms. The van der Waals surface area contributed by atoms with Gasteiger partial charge in [-0.05, 0) is 20.3 Å². The van der Waals surface area contributed by atoms with Crippen molar-refractivity contribution in [2.24, 2.45) is 0 Å². The number of ether oxygens (including phenoxy) is 2. The van der Waals surface area contributed by atoms with Gasteiger partial charge in [0.2, 0.25) is 0 Å². The Morgan fingerprint density at radius 1 is 1.29 bits per heavy atom. The number of rotatable bonds is 6. The fraction of sp³-hybridized carbons (Fsp3) is 0.800. The van der Waals surface area contributed by atoms with Crippen molar-refractivity contribution in [3.05, 3.63) is 11.8 Å². The summed E-state index contributed by atoms with van der Waals surface area (Å²) < 4.78 is 47.1. The van der Waals surface area contributed by atoms with Crippen LogP contribution >= 0.6 is 0 Å². The van der Waals surface area contributed by atoms with E-state index in [1.807, 2.05) is 6.92 Å². The van der Waals surface area contributed by atoms with Gasteiger partial charge in [0.15, 0.2) is 0 Å². The van der Waals surface area contributed by atoms with Crippen molar-refractivity contribution < 1.29 is 38.0 Å². The van der Waals surface area contributed by atoms with Crippen LogP contribution in [-0.4, -0.2) is 19.0 Å². The monoisotopic (exact) mass is 268 g/mol. The molecule has 0 aromatic carbocycles. The Morgan fingerprint density at radius 3 is 2.53 bits per heavy atom. The molecule has 0 fully saturated rings. The van der Waals surface area contributed by atoms with Crippen LogP contribution in [0, 0.1) is 10.2 Å². The third kappa shape index (κ3) is 4.79. The maximum absolute atomic E-state index is 10.7. The smallest absolute Gasteiger partial charge is 0.346 e. The predicted molar refractivity (Wildman–Crippen MR) is 49.0 cm³/mol. The molecule has 0 radical (unpaired) electrons. The zero-order valence-corrected chi connectivity index (χ0v) is 10.7. The summed E-state index contributed by atoms with van der Waals surface area (Å²) in [6.45, 7) is 4.22. The molecule has 0 bridgehead atoms. The number of allylic oxidation sites excluding steroid dienone is 1. The maximum Gasteiger partial charge on any atom is 0.346 e. The minimum Gasteiger partial charge on any atom is -0.498 e. The van der Waals surface area contributed by atoms with Crippen LogP contribution in [0.3, 0.4) is 0 Å². The van der Waals surface area contributed by atoms with E-state index < -0.39 is 16.0 Å². The fourth-order valence-electron chi connectivity index (χ4n) is 1.80. The van der Waals surface area contributed by atoms with Gasteiger partial charge in [0, 0.05) is 25.5 Å². The summed E-state index contributed by atoms with van der Waals surface area (Å²) >= 11 is 0. The largest absolute Gasteiger partial charge is 0.498 e. The molecule has 6 nitrogen and oxygen atoms in total. The van der Waals surface area contributed by atoms with E-state index in [2.05, 4.69) is 4.29 Å². The highest BCUT2D eigenvalue weighted by molar-refractivity contribution is 5.06. The third-order valence-electron chi connectivity index (χ3n) is 2.27. The van der Waals surface area contributed by atoms with Crippen molar-refractivity contribution >= 4 is 0 Å². The Hall–Kier alpha value is -0.370. The summed E-state index contributed by atoms with van der Waals surface area (Å²) in [4.78, 5) is 0. The molecule has 7 heteroatoms. The fourth-order valence-corrected chi connectivity index (χ4v) is 2.29. The zero-order chi connectivity index (χ0) is 12.9. The predicted octanol–water partition coefficient (Wildman–Crippen LogP) is -1.26. The second kappa shape index (κ2) is 5.99. The molecule has 1 aliphatic carbocycles. The van der Waals surface area contributed by atoms with Gasteiger partial charge < -0.3 is 9.47 Å². The van der Waals surface area contributed by atoms with Crippen LogP contribution in [0.15, 0.2) is 11.8 Å². The summed E-state index contributed by atoms with van der Waals surface area (Å²) in [5.41, 5.74) is 0. The first-order valence-electron chi connectivity index (χ1n) is 5.51. The Labute approximate surface area is 103 Å². The molecule has 1 rings (SSSR count). The van der Waals surface area contributed by atoms with Crippen molar-refractivity contribution in [1.82, 2.24) is 0 Å². The second-order valence-electron chi connectivity index (χ2n) is 3.60. The van der Waals surface area contributed by atoms with Crippen LogP contribution in [0.1, 0.15) is 33.1 Å². The molecule has 1 atom stereocenters. The molecule has 17 heavy (non-hydrogen) atoms. The number of halogens is 1. The van der Waals surface area contributed by atoms with Crippen molar-refractivity contribution in [2.75, 3.05) is 13.2 Å². The number of hydrogen-bond acceptors (Lipinski definition) is 6. The Kier molecular flexibility index (Phi) is 5.18. The molecular weight excluding hydrogens is 252 g/mol. The zero-order valence-electron chi connectivity index (χ0n) is 9.94. The summed E-state index contributed by atoms with van der Waals surface area (Å²) in [6, 6.07) is 0. The van der Waals surface area contributed by atoms with Crippen LogP contribution in [0.2, 0.25) is 0 Å². The molecule has 0 aromatic heterocycles. The summed E-state index contributed by atoms with van der Waals surface area (Å²) in [5.74, 6) is -0.925. The highest BCUT2D eigenvalue weighted by Gasteiger charge is 2.47. The van der Waals surface area contributed by atoms with Crippen LogP contribution in [0.25, 0.3) is 0 Å². The van der Waals surface area contributed by atoms with Crippen LogP contribution < -0.4 is 14.0 Å². The minimum atomic E-state index is -4.54. The van der Waals surface area contributed by atoms with Crippen molar-refractivity contribution in [2.45, 2.75) is 38.9 Å². The van der Waals surface area contributed by atoms with E-state index in [9.17, 15) is 14.0 Å². The maximum atomic E-state index is 10.7. The molecule has 0 heterocycles. The Morgan fingerprint density at radius 2 is 2.00 bits per heavy atom. The van der Waals surface area contributed by atoms with Crippen LogP contribution in [0.5, 0.6) is 0 Å².